The summed E-state index contributed by atoms with van der Waals surface area (Å²) in [6.07, 6.45) is 0.226. The molecule has 7 heteroatoms. The zero-order valence-corrected chi connectivity index (χ0v) is 19.8. The van der Waals surface area contributed by atoms with Crippen LogP contribution in [-0.4, -0.2) is 52.7 Å². The number of carbonyl (C=O) groups is 3. The summed E-state index contributed by atoms with van der Waals surface area (Å²) < 4.78 is 5.61. The summed E-state index contributed by atoms with van der Waals surface area (Å²) in [5, 5.41) is 12.5. The first kappa shape index (κ1) is 23.0. The number of nitrogens with zero attached hydrogens (tertiary/aromatic N) is 1. The van der Waals surface area contributed by atoms with E-state index in [0.29, 0.717) is 19.4 Å². The molecule has 0 spiro atoms. The topological polar surface area (TPSA) is 95.9 Å². The maximum Gasteiger partial charge on any atom is 0.407 e. The summed E-state index contributed by atoms with van der Waals surface area (Å²) in [4.78, 5) is 39.6. The molecule has 2 amide bonds. The van der Waals surface area contributed by atoms with Gasteiger partial charge in [0.25, 0.3) is 0 Å². The first-order valence-corrected chi connectivity index (χ1v) is 11.8. The number of hydrogen-bond acceptors (Lipinski definition) is 4. The van der Waals surface area contributed by atoms with E-state index in [1.165, 1.54) is 4.90 Å². The van der Waals surface area contributed by atoms with Crippen LogP contribution in [0, 0.1) is 17.3 Å². The van der Waals surface area contributed by atoms with Gasteiger partial charge in [-0.3, -0.25) is 4.79 Å². The average Bonchev–Trinajstić information content (AvgIpc) is 3.43. The van der Waals surface area contributed by atoms with Crippen LogP contribution in [0.1, 0.15) is 50.2 Å². The highest BCUT2D eigenvalue weighted by atomic mass is 16.5. The van der Waals surface area contributed by atoms with Crippen molar-refractivity contribution in [2.45, 2.75) is 50.6 Å². The fourth-order valence-corrected chi connectivity index (χ4v) is 6.13. The van der Waals surface area contributed by atoms with Crippen LogP contribution in [0.25, 0.3) is 11.1 Å². The van der Waals surface area contributed by atoms with Crippen molar-refractivity contribution in [1.29, 1.82) is 0 Å². The van der Waals surface area contributed by atoms with Crippen LogP contribution in [0.4, 0.5) is 4.79 Å². The molecule has 3 fully saturated rings. The van der Waals surface area contributed by atoms with Gasteiger partial charge in [-0.2, -0.15) is 0 Å². The lowest BCUT2D eigenvalue weighted by Gasteiger charge is -2.43. The van der Waals surface area contributed by atoms with Crippen LogP contribution < -0.4 is 5.32 Å². The molecule has 2 bridgehead atoms. The lowest BCUT2D eigenvalue weighted by molar-refractivity contribution is -0.160. The zero-order chi connectivity index (χ0) is 24.8. The van der Waals surface area contributed by atoms with Crippen LogP contribution in [0.5, 0.6) is 0 Å². The average molecular weight is 473 g/mol. The predicted molar refractivity (Wildman–Crippen MR) is 129 cm³/mol. The van der Waals surface area contributed by atoms with Crippen LogP contribution in [0.2, 0.25) is 0 Å². The molecule has 2 aliphatic carbocycles. The Hall–Kier alpha value is -3.79. The summed E-state index contributed by atoms with van der Waals surface area (Å²) in [7, 11) is 0. The number of carbonyl (C=O) groups excluding carboxylic acids is 2. The lowest BCUT2D eigenvalue weighted by atomic mass is 9.63. The number of hydrogen-bond donors (Lipinski definition) is 2. The molecule has 2 heterocycles. The van der Waals surface area contributed by atoms with Gasteiger partial charge in [0.15, 0.2) is 0 Å². The Morgan fingerprint density at radius 1 is 1.11 bits per heavy atom. The number of carboxylic acid groups (broad SMARTS) is 1. The molecule has 2 N–H and O–H groups in total. The minimum absolute atomic E-state index is 0.0858. The second-order valence-corrected chi connectivity index (χ2v) is 10.1. The van der Waals surface area contributed by atoms with Gasteiger partial charge in [0.05, 0.1) is 0 Å². The Kier molecular flexibility index (Phi) is 5.55. The maximum absolute atomic E-state index is 13.4. The Morgan fingerprint density at radius 2 is 1.71 bits per heavy atom. The van der Waals surface area contributed by atoms with E-state index in [1.807, 2.05) is 43.3 Å². The predicted octanol–water partition coefficient (Wildman–Crippen LogP) is 3.77. The number of rotatable bonds is 6. The van der Waals surface area contributed by atoms with Crippen molar-refractivity contribution in [3.8, 4) is 23.0 Å². The molecule has 2 saturated heterocycles. The van der Waals surface area contributed by atoms with Crippen LogP contribution in [0.3, 0.4) is 0 Å². The first-order valence-electron chi connectivity index (χ1n) is 11.8. The van der Waals surface area contributed by atoms with E-state index in [9.17, 15) is 19.5 Å². The smallest absolute Gasteiger partial charge is 0.407 e. The minimum Gasteiger partial charge on any atom is -0.479 e. The highest BCUT2D eigenvalue weighted by Crippen LogP contribution is 2.59. The molecule has 180 valence electrons. The Morgan fingerprint density at radius 3 is 2.29 bits per heavy atom. The molecule has 4 aliphatic rings. The molecule has 2 aliphatic heterocycles. The van der Waals surface area contributed by atoms with Crippen molar-refractivity contribution in [3.05, 3.63) is 59.7 Å². The monoisotopic (exact) mass is 472 g/mol. The fraction of sp³-hybridized carbons (Fsp3) is 0.393. The SMILES string of the molecule is CC#CCC(NC(=O)OCC1c2ccccc2-c2ccccc21)C(=O)N1CC2(C)CC1(C(=O)O)C2. The van der Waals surface area contributed by atoms with Crippen LogP contribution in [-0.2, 0) is 14.3 Å². The van der Waals surface area contributed by atoms with Crippen molar-refractivity contribution in [2.75, 3.05) is 13.2 Å². The van der Waals surface area contributed by atoms with Gasteiger partial charge in [0.1, 0.15) is 18.2 Å². The van der Waals surface area contributed by atoms with Gasteiger partial charge in [-0.25, -0.2) is 9.59 Å². The number of ether oxygens (including phenoxy) is 1. The van der Waals surface area contributed by atoms with E-state index in [2.05, 4.69) is 29.3 Å². The third-order valence-corrected chi connectivity index (χ3v) is 7.58. The van der Waals surface area contributed by atoms with Gasteiger partial charge in [0, 0.05) is 18.9 Å². The molecule has 6 rings (SSSR count). The quantitative estimate of drug-likeness (QED) is 0.624. The molecule has 1 atom stereocenters. The lowest BCUT2D eigenvalue weighted by Crippen LogP contribution is -2.59. The van der Waals surface area contributed by atoms with Crippen LogP contribution in [0.15, 0.2) is 48.5 Å². The molecule has 1 saturated carbocycles. The van der Waals surface area contributed by atoms with E-state index in [-0.39, 0.29) is 24.4 Å². The van der Waals surface area contributed by atoms with Crippen molar-refractivity contribution in [1.82, 2.24) is 10.2 Å². The maximum atomic E-state index is 13.4. The van der Waals surface area contributed by atoms with Gasteiger partial charge in [-0.05, 0) is 47.4 Å². The zero-order valence-electron chi connectivity index (χ0n) is 19.8. The molecule has 35 heavy (non-hydrogen) atoms. The van der Waals surface area contributed by atoms with E-state index < -0.39 is 29.6 Å². The number of amides is 2. The fourth-order valence-electron chi connectivity index (χ4n) is 6.13. The van der Waals surface area contributed by atoms with Gasteiger partial charge >= 0.3 is 12.1 Å². The van der Waals surface area contributed by atoms with Gasteiger partial charge in [-0.15, -0.1) is 11.8 Å². The molecule has 2 aromatic carbocycles. The number of benzene rings is 2. The van der Waals surface area contributed by atoms with Crippen molar-refractivity contribution in [3.63, 3.8) is 0 Å². The number of alkyl carbamates (subject to hydrolysis) is 1. The van der Waals surface area contributed by atoms with Gasteiger partial charge in [-0.1, -0.05) is 55.5 Å². The van der Waals surface area contributed by atoms with Gasteiger partial charge < -0.3 is 20.1 Å². The normalized spacial score (nSPS) is 24.3. The molecule has 0 aromatic heterocycles. The summed E-state index contributed by atoms with van der Waals surface area (Å²) in [6.45, 7) is 4.13. The summed E-state index contributed by atoms with van der Waals surface area (Å²) >= 11 is 0. The Balaban J connectivity index is 1.29. The minimum atomic E-state index is -1.19. The summed E-state index contributed by atoms with van der Waals surface area (Å²) in [5.74, 6) is 4.07. The largest absolute Gasteiger partial charge is 0.479 e. The third kappa shape index (κ3) is 3.74. The van der Waals surface area contributed by atoms with Crippen molar-refractivity contribution < 1.29 is 24.2 Å². The highest BCUT2D eigenvalue weighted by molar-refractivity contribution is 5.93. The number of aliphatic carboxylic acids is 1. The molecule has 1 unspecified atom stereocenters. The molecule has 7 nitrogen and oxygen atoms in total. The number of nitrogens with one attached hydrogen (secondary N) is 1. The first-order chi connectivity index (χ1) is 16.8. The number of carboxylic acids is 1. The number of fused-ring (bicyclic) bond motifs is 4. The summed E-state index contributed by atoms with van der Waals surface area (Å²) in [5.41, 5.74) is 3.07. The third-order valence-electron chi connectivity index (χ3n) is 7.58. The summed E-state index contributed by atoms with van der Waals surface area (Å²) in [6, 6.07) is 15.1. The van der Waals surface area contributed by atoms with E-state index in [1.54, 1.807) is 6.92 Å². The van der Waals surface area contributed by atoms with E-state index in [0.717, 1.165) is 22.3 Å². The van der Waals surface area contributed by atoms with E-state index in [4.69, 9.17) is 4.74 Å². The van der Waals surface area contributed by atoms with E-state index >= 15 is 0 Å². The molecular formula is C28H28N2O5. The second kappa shape index (κ2) is 8.46. The van der Waals surface area contributed by atoms with Crippen molar-refractivity contribution in [2.24, 2.45) is 5.41 Å². The molecule has 0 radical (unpaired) electrons. The van der Waals surface area contributed by atoms with Gasteiger partial charge in [0.2, 0.25) is 5.91 Å². The van der Waals surface area contributed by atoms with Crippen LogP contribution >= 0.6 is 0 Å². The standard InChI is InChI=1S/C28H28N2O5/c1-3-4-13-23(24(31)30-17-27(2)15-28(30,16-27)25(32)33)29-26(34)35-14-22-20-11-7-5-9-18(20)19-10-6-8-12-21(19)22/h5-12,22-23H,13-17H2,1-2H3,(H,29,34)(H,32,33). The Labute approximate surface area is 204 Å². The highest BCUT2D eigenvalue weighted by Gasteiger charge is 2.69. The Bertz CT molecular complexity index is 1220. The van der Waals surface area contributed by atoms with Crippen molar-refractivity contribution >= 4 is 18.0 Å². The second-order valence-electron chi connectivity index (χ2n) is 10.1. The molecular weight excluding hydrogens is 444 g/mol. The molecule has 2 aromatic rings.